The highest BCUT2D eigenvalue weighted by Gasteiger charge is 2.31. The van der Waals surface area contributed by atoms with E-state index in [9.17, 15) is 5.11 Å². The van der Waals surface area contributed by atoms with Crippen molar-refractivity contribution in [2.75, 3.05) is 26.2 Å². The standard InChI is InChI=1S/C14H28N2O/c1-2-9-16-10-5-13(6-11-16)15-12-14(17)7-3-4-8-14/h13,15,17H,2-12H2,1H3. The Morgan fingerprint density at radius 2 is 1.88 bits per heavy atom. The fourth-order valence-corrected chi connectivity index (χ4v) is 3.22. The summed E-state index contributed by atoms with van der Waals surface area (Å²) in [6, 6.07) is 0.632. The molecule has 3 nitrogen and oxygen atoms in total. The van der Waals surface area contributed by atoms with Crippen molar-refractivity contribution in [1.82, 2.24) is 10.2 Å². The van der Waals surface area contributed by atoms with Crippen molar-refractivity contribution in [2.24, 2.45) is 0 Å². The number of likely N-dealkylation sites (tertiary alicyclic amines) is 1. The molecular formula is C14H28N2O. The third-order valence-corrected chi connectivity index (χ3v) is 4.38. The van der Waals surface area contributed by atoms with Gasteiger partial charge in [0, 0.05) is 12.6 Å². The topological polar surface area (TPSA) is 35.5 Å². The highest BCUT2D eigenvalue weighted by atomic mass is 16.3. The second kappa shape index (κ2) is 6.17. The summed E-state index contributed by atoms with van der Waals surface area (Å²) in [7, 11) is 0. The summed E-state index contributed by atoms with van der Waals surface area (Å²) < 4.78 is 0. The molecule has 0 aromatic heterocycles. The van der Waals surface area contributed by atoms with E-state index in [4.69, 9.17) is 0 Å². The molecule has 1 heterocycles. The maximum absolute atomic E-state index is 10.3. The zero-order valence-electron chi connectivity index (χ0n) is 11.2. The van der Waals surface area contributed by atoms with Crippen LogP contribution in [0.4, 0.5) is 0 Å². The Hall–Kier alpha value is -0.120. The number of hydrogen-bond acceptors (Lipinski definition) is 3. The predicted molar refractivity (Wildman–Crippen MR) is 71.2 cm³/mol. The number of nitrogens with one attached hydrogen (secondary N) is 1. The second-order valence-electron chi connectivity index (χ2n) is 5.93. The van der Waals surface area contributed by atoms with Crippen molar-refractivity contribution >= 4 is 0 Å². The molecule has 3 heteroatoms. The van der Waals surface area contributed by atoms with Crippen molar-refractivity contribution in [1.29, 1.82) is 0 Å². The van der Waals surface area contributed by atoms with Crippen LogP contribution in [0.2, 0.25) is 0 Å². The highest BCUT2D eigenvalue weighted by molar-refractivity contribution is 4.88. The highest BCUT2D eigenvalue weighted by Crippen LogP contribution is 2.29. The van der Waals surface area contributed by atoms with E-state index >= 15 is 0 Å². The predicted octanol–water partition coefficient (Wildman–Crippen LogP) is 1.76. The molecule has 0 bridgehead atoms. The Morgan fingerprint density at radius 3 is 2.47 bits per heavy atom. The molecule has 2 fully saturated rings. The van der Waals surface area contributed by atoms with Gasteiger partial charge in [0.25, 0.3) is 0 Å². The lowest BCUT2D eigenvalue weighted by Gasteiger charge is -2.34. The molecule has 2 rings (SSSR count). The fraction of sp³-hybridized carbons (Fsp3) is 1.00. The van der Waals surface area contributed by atoms with Gasteiger partial charge in [-0.1, -0.05) is 19.8 Å². The first-order chi connectivity index (χ1) is 8.22. The molecular weight excluding hydrogens is 212 g/mol. The van der Waals surface area contributed by atoms with Crippen molar-refractivity contribution in [3.8, 4) is 0 Å². The summed E-state index contributed by atoms with van der Waals surface area (Å²) in [4.78, 5) is 2.56. The van der Waals surface area contributed by atoms with Gasteiger partial charge >= 0.3 is 0 Å². The quantitative estimate of drug-likeness (QED) is 0.768. The summed E-state index contributed by atoms with van der Waals surface area (Å²) in [6.07, 6.45) is 8.15. The van der Waals surface area contributed by atoms with Crippen molar-refractivity contribution in [2.45, 2.75) is 63.5 Å². The van der Waals surface area contributed by atoms with Crippen LogP contribution in [0.15, 0.2) is 0 Å². The summed E-state index contributed by atoms with van der Waals surface area (Å²) >= 11 is 0. The maximum Gasteiger partial charge on any atom is 0.0771 e. The minimum absolute atomic E-state index is 0.388. The first-order valence-corrected chi connectivity index (χ1v) is 7.40. The van der Waals surface area contributed by atoms with Gasteiger partial charge < -0.3 is 15.3 Å². The first-order valence-electron chi connectivity index (χ1n) is 7.40. The fourth-order valence-electron chi connectivity index (χ4n) is 3.22. The van der Waals surface area contributed by atoms with Gasteiger partial charge in [-0.25, -0.2) is 0 Å². The van der Waals surface area contributed by atoms with Gasteiger partial charge in [0.2, 0.25) is 0 Å². The van der Waals surface area contributed by atoms with Gasteiger partial charge in [0.05, 0.1) is 5.60 Å². The molecule has 0 amide bonds. The third kappa shape index (κ3) is 3.94. The van der Waals surface area contributed by atoms with Gasteiger partial charge in [-0.2, -0.15) is 0 Å². The maximum atomic E-state index is 10.3. The largest absolute Gasteiger partial charge is 0.389 e. The van der Waals surface area contributed by atoms with Crippen LogP contribution in [0.3, 0.4) is 0 Å². The number of nitrogens with zero attached hydrogens (tertiary/aromatic N) is 1. The molecule has 1 aliphatic carbocycles. The van der Waals surface area contributed by atoms with E-state index in [-0.39, 0.29) is 5.60 Å². The van der Waals surface area contributed by atoms with Crippen molar-refractivity contribution < 1.29 is 5.11 Å². The molecule has 0 atom stereocenters. The van der Waals surface area contributed by atoms with Crippen LogP contribution < -0.4 is 5.32 Å². The monoisotopic (exact) mass is 240 g/mol. The van der Waals surface area contributed by atoms with Crippen LogP contribution in [-0.2, 0) is 0 Å². The number of rotatable bonds is 5. The Labute approximate surface area is 106 Å². The van der Waals surface area contributed by atoms with Crippen LogP contribution in [0.5, 0.6) is 0 Å². The van der Waals surface area contributed by atoms with Gasteiger partial charge in [0.1, 0.15) is 0 Å². The summed E-state index contributed by atoms with van der Waals surface area (Å²) in [5.41, 5.74) is -0.388. The first kappa shape index (κ1) is 13.3. The molecule has 0 radical (unpaired) electrons. The molecule has 0 spiro atoms. The molecule has 2 N–H and O–H groups in total. The molecule has 1 aliphatic heterocycles. The summed E-state index contributed by atoms with van der Waals surface area (Å²) in [5.74, 6) is 0. The van der Waals surface area contributed by atoms with Crippen LogP contribution in [0, 0.1) is 0 Å². The Balaban J connectivity index is 1.64. The minimum Gasteiger partial charge on any atom is -0.389 e. The lowest BCUT2D eigenvalue weighted by Crippen LogP contribution is -2.47. The molecule has 0 aromatic rings. The zero-order valence-corrected chi connectivity index (χ0v) is 11.2. The third-order valence-electron chi connectivity index (χ3n) is 4.38. The average molecular weight is 240 g/mol. The normalized spacial score (nSPS) is 26.5. The molecule has 0 unspecified atom stereocenters. The van der Waals surface area contributed by atoms with E-state index in [0.717, 1.165) is 19.4 Å². The van der Waals surface area contributed by atoms with E-state index in [1.807, 2.05) is 0 Å². The zero-order chi connectivity index (χ0) is 12.1. The smallest absolute Gasteiger partial charge is 0.0771 e. The number of piperidine rings is 1. The van der Waals surface area contributed by atoms with E-state index in [0.29, 0.717) is 6.04 Å². The van der Waals surface area contributed by atoms with E-state index in [1.165, 1.54) is 51.7 Å². The Bertz CT molecular complexity index is 218. The summed E-state index contributed by atoms with van der Waals surface area (Å²) in [6.45, 7) is 6.76. The minimum atomic E-state index is -0.388. The van der Waals surface area contributed by atoms with E-state index in [1.54, 1.807) is 0 Å². The van der Waals surface area contributed by atoms with Crippen LogP contribution in [-0.4, -0.2) is 47.8 Å². The molecule has 100 valence electrons. The lowest BCUT2D eigenvalue weighted by atomic mass is 10.00. The Kier molecular flexibility index (Phi) is 4.83. The van der Waals surface area contributed by atoms with Gasteiger partial charge in [-0.3, -0.25) is 0 Å². The van der Waals surface area contributed by atoms with Crippen LogP contribution >= 0.6 is 0 Å². The van der Waals surface area contributed by atoms with Crippen molar-refractivity contribution in [3.63, 3.8) is 0 Å². The lowest BCUT2D eigenvalue weighted by molar-refractivity contribution is 0.0417. The molecule has 1 saturated carbocycles. The average Bonchev–Trinajstić information content (AvgIpc) is 2.76. The van der Waals surface area contributed by atoms with E-state index in [2.05, 4.69) is 17.1 Å². The van der Waals surface area contributed by atoms with Gasteiger partial charge in [-0.15, -0.1) is 0 Å². The molecule has 2 aliphatic rings. The molecule has 17 heavy (non-hydrogen) atoms. The number of hydrogen-bond donors (Lipinski definition) is 2. The van der Waals surface area contributed by atoms with Crippen molar-refractivity contribution in [3.05, 3.63) is 0 Å². The van der Waals surface area contributed by atoms with Gasteiger partial charge in [0.15, 0.2) is 0 Å². The van der Waals surface area contributed by atoms with Crippen LogP contribution in [0.1, 0.15) is 51.9 Å². The van der Waals surface area contributed by atoms with Gasteiger partial charge in [-0.05, 0) is 51.7 Å². The number of aliphatic hydroxyl groups is 1. The van der Waals surface area contributed by atoms with Crippen LogP contribution in [0.25, 0.3) is 0 Å². The molecule has 1 saturated heterocycles. The van der Waals surface area contributed by atoms with E-state index < -0.39 is 0 Å². The second-order valence-corrected chi connectivity index (χ2v) is 5.93. The SMILES string of the molecule is CCCN1CCC(NCC2(O)CCCC2)CC1. The molecule has 0 aromatic carbocycles. The Morgan fingerprint density at radius 1 is 1.24 bits per heavy atom. The summed E-state index contributed by atoms with van der Waals surface area (Å²) in [5, 5.41) is 13.9.